The molecule has 2 heterocycles. The van der Waals surface area contributed by atoms with Gasteiger partial charge in [-0.2, -0.15) is 0 Å². The summed E-state index contributed by atoms with van der Waals surface area (Å²) in [5.41, 5.74) is 0.769. The van der Waals surface area contributed by atoms with Gasteiger partial charge < -0.3 is 4.74 Å². The first-order chi connectivity index (χ1) is 9.20. The third-order valence-corrected chi connectivity index (χ3v) is 3.12. The van der Waals surface area contributed by atoms with Crippen LogP contribution in [-0.4, -0.2) is 26.3 Å². The normalized spacial score (nSPS) is 10.8. The summed E-state index contributed by atoms with van der Waals surface area (Å²) >= 11 is 5.02. The van der Waals surface area contributed by atoms with Crippen LogP contribution in [0.3, 0.4) is 0 Å². The molecule has 0 amide bonds. The van der Waals surface area contributed by atoms with E-state index in [4.69, 9.17) is 17.0 Å². The Balaban J connectivity index is 2.22. The fraction of sp³-hybridized carbons (Fsp3) is 0.0833. The highest BCUT2D eigenvalue weighted by Gasteiger charge is 2.07. The standard InChI is InChI=1S/C12H10N4O2S/c1-18-9-4-2-8(3-5-9)15-6-7-16-10(11(15)17)13-14-12(16)19/h2-7H,1H3,(H,14,19). The number of nitrogens with one attached hydrogen (secondary N) is 1. The molecular formula is C12H10N4O2S. The van der Waals surface area contributed by atoms with Crippen LogP contribution in [0.5, 0.6) is 5.75 Å². The second-order valence-corrected chi connectivity index (χ2v) is 4.28. The molecule has 6 nitrogen and oxygen atoms in total. The van der Waals surface area contributed by atoms with E-state index >= 15 is 0 Å². The topological polar surface area (TPSA) is 64.3 Å². The molecule has 19 heavy (non-hydrogen) atoms. The predicted octanol–water partition coefficient (Wildman–Crippen LogP) is 1.55. The summed E-state index contributed by atoms with van der Waals surface area (Å²) < 4.78 is 8.53. The maximum atomic E-state index is 12.3. The second-order valence-electron chi connectivity index (χ2n) is 3.89. The number of aromatic nitrogens is 4. The number of aromatic amines is 1. The number of H-pyrrole nitrogens is 1. The summed E-state index contributed by atoms with van der Waals surface area (Å²) in [6.07, 6.45) is 3.36. The van der Waals surface area contributed by atoms with Gasteiger partial charge in [-0.1, -0.05) is 0 Å². The fourth-order valence-electron chi connectivity index (χ4n) is 1.85. The van der Waals surface area contributed by atoms with Crippen molar-refractivity contribution in [1.29, 1.82) is 0 Å². The third-order valence-electron chi connectivity index (χ3n) is 2.83. The Bertz CT molecular complexity index is 845. The van der Waals surface area contributed by atoms with Gasteiger partial charge in [0.05, 0.1) is 7.11 Å². The maximum Gasteiger partial charge on any atom is 0.300 e. The van der Waals surface area contributed by atoms with Crippen molar-refractivity contribution < 1.29 is 4.74 Å². The molecule has 0 radical (unpaired) electrons. The Labute approximate surface area is 112 Å². The average molecular weight is 274 g/mol. The Morgan fingerprint density at radius 2 is 2.00 bits per heavy atom. The molecule has 3 rings (SSSR count). The van der Waals surface area contributed by atoms with Crippen molar-refractivity contribution in [1.82, 2.24) is 19.2 Å². The zero-order valence-electron chi connectivity index (χ0n) is 10.0. The predicted molar refractivity (Wildman–Crippen MR) is 72.5 cm³/mol. The lowest BCUT2D eigenvalue weighted by Gasteiger charge is -2.06. The highest BCUT2D eigenvalue weighted by atomic mass is 32.1. The van der Waals surface area contributed by atoms with Gasteiger partial charge in [0.15, 0.2) is 4.77 Å². The van der Waals surface area contributed by atoms with Crippen molar-refractivity contribution in [2.45, 2.75) is 0 Å². The van der Waals surface area contributed by atoms with Gasteiger partial charge in [0.1, 0.15) is 5.75 Å². The molecule has 1 aromatic carbocycles. The number of benzene rings is 1. The van der Waals surface area contributed by atoms with Crippen LogP contribution < -0.4 is 10.3 Å². The van der Waals surface area contributed by atoms with Crippen LogP contribution in [-0.2, 0) is 0 Å². The molecule has 0 aliphatic carbocycles. The quantitative estimate of drug-likeness (QED) is 0.720. The van der Waals surface area contributed by atoms with Crippen LogP contribution >= 0.6 is 12.2 Å². The first-order valence-electron chi connectivity index (χ1n) is 5.53. The van der Waals surface area contributed by atoms with E-state index in [1.165, 1.54) is 8.97 Å². The van der Waals surface area contributed by atoms with E-state index in [1.807, 2.05) is 0 Å². The molecule has 0 bridgehead atoms. The lowest BCUT2D eigenvalue weighted by Crippen LogP contribution is -2.20. The highest BCUT2D eigenvalue weighted by Crippen LogP contribution is 2.13. The first-order valence-corrected chi connectivity index (χ1v) is 5.94. The lowest BCUT2D eigenvalue weighted by molar-refractivity contribution is 0.414. The molecular weight excluding hydrogens is 264 g/mol. The molecule has 2 aromatic heterocycles. The van der Waals surface area contributed by atoms with Crippen molar-refractivity contribution in [3.8, 4) is 11.4 Å². The summed E-state index contributed by atoms with van der Waals surface area (Å²) in [6, 6.07) is 7.19. The Kier molecular flexibility index (Phi) is 2.68. The van der Waals surface area contributed by atoms with Crippen LogP contribution in [0, 0.1) is 4.77 Å². The first kappa shape index (κ1) is 11.7. The Morgan fingerprint density at radius 1 is 1.26 bits per heavy atom. The number of nitrogens with zero attached hydrogens (tertiary/aromatic N) is 3. The monoisotopic (exact) mass is 274 g/mol. The molecule has 0 unspecified atom stereocenters. The average Bonchev–Trinajstić information content (AvgIpc) is 2.82. The zero-order valence-corrected chi connectivity index (χ0v) is 10.8. The number of hydrogen-bond donors (Lipinski definition) is 1. The van der Waals surface area contributed by atoms with Crippen molar-refractivity contribution in [2.24, 2.45) is 0 Å². The fourth-order valence-corrected chi connectivity index (χ4v) is 2.04. The minimum atomic E-state index is -0.236. The van der Waals surface area contributed by atoms with Gasteiger partial charge in [-0.25, -0.2) is 0 Å². The third kappa shape index (κ3) is 1.84. The Morgan fingerprint density at radius 3 is 2.68 bits per heavy atom. The van der Waals surface area contributed by atoms with Gasteiger partial charge in [-0.3, -0.25) is 18.9 Å². The second kappa shape index (κ2) is 4.36. The smallest absolute Gasteiger partial charge is 0.300 e. The van der Waals surface area contributed by atoms with E-state index in [0.717, 1.165) is 11.4 Å². The highest BCUT2D eigenvalue weighted by molar-refractivity contribution is 7.71. The molecule has 0 saturated heterocycles. The number of methoxy groups -OCH3 is 1. The Hall–Kier alpha value is -2.41. The molecule has 0 saturated carbocycles. The number of rotatable bonds is 2. The largest absolute Gasteiger partial charge is 0.497 e. The number of hydrogen-bond acceptors (Lipinski definition) is 4. The summed E-state index contributed by atoms with van der Waals surface area (Å²) in [5.74, 6) is 0.736. The van der Waals surface area contributed by atoms with Gasteiger partial charge in [0, 0.05) is 18.1 Å². The van der Waals surface area contributed by atoms with Gasteiger partial charge in [-0.15, -0.1) is 5.10 Å². The van der Waals surface area contributed by atoms with Gasteiger partial charge >= 0.3 is 5.56 Å². The van der Waals surface area contributed by atoms with Crippen molar-refractivity contribution >= 4 is 17.9 Å². The van der Waals surface area contributed by atoms with Crippen molar-refractivity contribution in [2.75, 3.05) is 7.11 Å². The van der Waals surface area contributed by atoms with Crippen LogP contribution in [0.2, 0.25) is 0 Å². The lowest BCUT2D eigenvalue weighted by atomic mass is 10.3. The van der Waals surface area contributed by atoms with Gasteiger partial charge in [-0.05, 0) is 36.5 Å². The summed E-state index contributed by atoms with van der Waals surface area (Å²) in [6.45, 7) is 0. The molecule has 7 heteroatoms. The summed E-state index contributed by atoms with van der Waals surface area (Å²) in [5, 5.41) is 6.52. The molecule has 0 aliphatic rings. The van der Waals surface area contributed by atoms with E-state index in [-0.39, 0.29) is 11.2 Å². The number of ether oxygens (including phenoxy) is 1. The molecule has 0 atom stereocenters. The molecule has 0 fully saturated rings. The van der Waals surface area contributed by atoms with Crippen LogP contribution in [0.4, 0.5) is 0 Å². The van der Waals surface area contributed by atoms with Crippen molar-refractivity contribution in [3.63, 3.8) is 0 Å². The summed E-state index contributed by atoms with van der Waals surface area (Å²) in [4.78, 5) is 12.3. The zero-order chi connectivity index (χ0) is 13.4. The molecule has 3 aromatic rings. The molecule has 0 spiro atoms. The molecule has 1 N–H and O–H groups in total. The van der Waals surface area contributed by atoms with E-state index in [0.29, 0.717) is 4.77 Å². The van der Waals surface area contributed by atoms with Crippen LogP contribution in [0.15, 0.2) is 41.5 Å². The van der Waals surface area contributed by atoms with E-state index in [9.17, 15) is 4.79 Å². The minimum Gasteiger partial charge on any atom is -0.497 e. The van der Waals surface area contributed by atoms with E-state index < -0.39 is 0 Å². The van der Waals surface area contributed by atoms with Crippen molar-refractivity contribution in [3.05, 3.63) is 51.8 Å². The summed E-state index contributed by atoms with van der Waals surface area (Å²) in [7, 11) is 1.60. The minimum absolute atomic E-state index is 0.236. The van der Waals surface area contributed by atoms with Gasteiger partial charge in [0.25, 0.3) is 0 Å². The SMILES string of the molecule is COc1ccc(-n2ccn3c(=S)[nH]nc3c2=O)cc1. The molecule has 0 aliphatic heterocycles. The van der Waals surface area contributed by atoms with Crippen LogP contribution in [0.25, 0.3) is 11.3 Å². The maximum absolute atomic E-state index is 12.3. The van der Waals surface area contributed by atoms with E-state index in [1.54, 1.807) is 43.8 Å². The number of fused-ring (bicyclic) bond motifs is 1. The van der Waals surface area contributed by atoms with Crippen LogP contribution in [0.1, 0.15) is 0 Å². The molecule has 96 valence electrons. The van der Waals surface area contributed by atoms with Gasteiger partial charge in [0.2, 0.25) is 5.65 Å². The van der Waals surface area contributed by atoms with E-state index in [2.05, 4.69) is 10.2 Å².